The van der Waals surface area contributed by atoms with Gasteiger partial charge in [-0.3, -0.25) is 4.79 Å². The molecule has 104 valence electrons. The number of nitrogens with one attached hydrogen (secondary N) is 1. The number of benzene rings is 1. The molecular formula is C15H21ClN2O. The summed E-state index contributed by atoms with van der Waals surface area (Å²) in [5, 5.41) is 3.59. The van der Waals surface area contributed by atoms with Crippen LogP contribution in [0.1, 0.15) is 49.9 Å². The fraction of sp³-hybridized carbons (Fsp3) is 0.533. The van der Waals surface area contributed by atoms with Crippen LogP contribution in [0.5, 0.6) is 0 Å². The van der Waals surface area contributed by atoms with E-state index in [-0.39, 0.29) is 11.9 Å². The minimum Gasteiger partial charge on any atom is -0.399 e. The van der Waals surface area contributed by atoms with Crippen molar-refractivity contribution in [3.05, 3.63) is 28.8 Å². The Morgan fingerprint density at radius 1 is 1.42 bits per heavy atom. The zero-order valence-corrected chi connectivity index (χ0v) is 12.3. The Bertz CT molecular complexity index is 465. The zero-order valence-electron chi connectivity index (χ0n) is 11.5. The van der Waals surface area contributed by atoms with Crippen LogP contribution < -0.4 is 11.1 Å². The minimum absolute atomic E-state index is 0.0862. The van der Waals surface area contributed by atoms with Crippen LogP contribution in [-0.2, 0) is 0 Å². The summed E-state index contributed by atoms with van der Waals surface area (Å²) in [7, 11) is 0. The summed E-state index contributed by atoms with van der Waals surface area (Å²) < 4.78 is 0. The molecule has 1 unspecified atom stereocenters. The summed E-state index contributed by atoms with van der Waals surface area (Å²) in [6, 6.07) is 5.20. The SMILES string of the molecule is CC1(C)CCCC(NC(=O)c2cc(N)cc(Cl)c2)C1. The fourth-order valence-electron chi connectivity index (χ4n) is 2.83. The molecule has 0 radical (unpaired) electrons. The number of hydrogen-bond donors (Lipinski definition) is 2. The maximum absolute atomic E-state index is 12.2. The fourth-order valence-corrected chi connectivity index (χ4v) is 3.08. The van der Waals surface area contributed by atoms with E-state index < -0.39 is 0 Å². The number of anilines is 1. The molecule has 1 aliphatic rings. The lowest BCUT2D eigenvalue weighted by Crippen LogP contribution is -2.40. The molecule has 0 spiro atoms. The quantitative estimate of drug-likeness (QED) is 0.813. The lowest BCUT2D eigenvalue weighted by Gasteiger charge is -2.35. The molecule has 1 aromatic carbocycles. The summed E-state index contributed by atoms with van der Waals surface area (Å²) in [5.74, 6) is -0.0862. The van der Waals surface area contributed by atoms with Gasteiger partial charge in [-0.2, -0.15) is 0 Å². The second-order valence-electron chi connectivity index (χ2n) is 6.20. The number of nitrogen functional groups attached to an aromatic ring is 1. The number of nitrogens with two attached hydrogens (primary N) is 1. The molecule has 1 saturated carbocycles. The van der Waals surface area contributed by atoms with Crippen molar-refractivity contribution in [3.8, 4) is 0 Å². The van der Waals surface area contributed by atoms with E-state index in [4.69, 9.17) is 17.3 Å². The van der Waals surface area contributed by atoms with Crippen molar-refractivity contribution in [2.24, 2.45) is 5.41 Å². The molecule has 1 aromatic rings. The Balaban J connectivity index is 2.04. The third-order valence-electron chi connectivity index (χ3n) is 3.72. The van der Waals surface area contributed by atoms with Gasteiger partial charge in [0.05, 0.1) is 0 Å². The van der Waals surface area contributed by atoms with E-state index in [0.29, 0.717) is 21.7 Å². The smallest absolute Gasteiger partial charge is 0.251 e. The van der Waals surface area contributed by atoms with Gasteiger partial charge in [-0.25, -0.2) is 0 Å². The molecule has 0 aliphatic heterocycles. The number of halogens is 1. The van der Waals surface area contributed by atoms with E-state index in [1.807, 2.05) is 0 Å². The van der Waals surface area contributed by atoms with Gasteiger partial charge in [0.1, 0.15) is 0 Å². The first kappa shape index (κ1) is 14.2. The summed E-state index contributed by atoms with van der Waals surface area (Å²) in [5.41, 5.74) is 7.07. The number of hydrogen-bond acceptors (Lipinski definition) is 2. The van der Waals surface area contributed by atoms with Crippen LogP contribution in [0.3, 0.4) is 0 Å². The molecule has 4 heteroatoms. The highest BCUT2D eigenvalue weighted by Crippen LogP contribution is 2.35. The van der Waals surface area contributed by atoms with Gasteiger partial charge in [0.15, 0.2) is 0 Å². The first-order chi connectivity index (χ1) is 8.85. The highest BCUT2D eigenvalue weighted by molar-refractivity contribution is 6.31. The first-order valence-corrected chi connectivity index (χ1v) is 7.10. The van der Waals surface area contributed by atoms with Gasteiger partial charge in [0.2, 0.25) is 0 Å². The molecule has 3 nitrogen and oxygen atoms in total. The minimum atomic E-state index is -0.0862. The molecular weight excluding hydrogens is 260 g/mol. The van der Waals surface area contributed by atoms with E-state index in [1.54, 1.807) is 18.2 Å². The second-order valence-corrected chi connectivity index (χ2v) is 6.64. The predicted octanol–water partition coefficient (Wildman–Crippen LogP) is 3.62. The Labute approximate surface area is 119 Å². The van der Waals surface area contributed by atoms with E-state index >= 15 is 0 Å². The summed E-state index contributed by atoms with van der Waals surface area (Å²) in [4.78, 5) is 12.2. The first-order valence-electron chi connectivity index (χ1n) is 6.73. The van der Waals surface area contributed by atoms with E-state index in [0.717, 1.165) is 19.3 Å². The summed E-state index contributed by atoms with van der Waals surface area (Å²) >= 11 is 5.92. The maximum atomic E-state index is 12.2. The van der Waals surface area contributed by atoms with Gasteiger partial charge < -0.3 is 11.1 Å². The van der Waals surface area contributed by atoms with E-state index in [9.17, 15) is 4.79 Å². The van der Waals surface area contributed by atoms with Gasteiger partial charge in [-0.15, -0.1) is 0 Å². The predicted molar refractivity (Wildman–Crippen MR) is 79.4 cm³/mol. The Morgan fingerprint density at radius 2 is 2.16 bits per heavy atom. The van der Waals surface area contributed by atoms with Crippen LogP contribution in [0, 0.1) is 5.41 Å². The number of rotatable bonds is 2. The highest BCUT2D eigenvalue weighted by Gasteiger charge is 2.28. The molecule has 0 heterocycles. The largest absolute Gasteiger partial charge is 0.399 e. The van der Waals surface area contributed by atoms with Crippen LogP contribution in [0.15, 0.2) is 18.2 Å². The van der Waals surface area contributed by atoms with Crippen LogP contribution in [-0.4, -0.2) is 11.9 Å². The van der Waals surface area contributed by atoms with Gasteiger partial charge in [0, 0.05) is 22.3 Å². The third kappa shape index (κ3) is 3.87. The maximum Gasteiger partial charge on any atom is 0.251 e. The van der Waals surface area contributed by atoms with Crippen molar-refractivity contribution in [2.45, 2.75) is 45.6 Å². The molecule has 1 amide bonds. The van der Waals surface area contributed by atoms with Crippen molar-refractivity contribution in [3.63, 3.8) is 0 Å². The van der Waals surface area contributed by atoms with Gasteiger partial charge >= 0.3 is 0 Å². The molecule has 0 saturated heterocycles. The third-order valence-corrected chi connectivity index (χ3v) is 3.94. The number of amides is 1. The normalized spacial score (nSPS) is 21.9. The van der Waals surface area contributed by atoms with Gasteiger partial charge in [-0.05, 0) is 42.9 Å². The molecule has 2 rings (SSSR count). The van der Waals surface area contributed by atoms with Crippen molar-refractivity contribution in [1.82, 2.24) is 5.32 Å². The van der Waals surface area contributed by atoms with E-state index in [1.165, 1.54) is 6.42 Å². The molecule has 1 aliphatic carbocycles. The number of carbonyl (C=O) groups is 1. The van der Waals surface area contributed by atoms with Crippen molar-refractivity contribution in [1.29, 1.82) is 0 Å². The van der Waals surface area contributed by atoms with Crippen LogP contribution in [0.4, 0.5) is 5.69 Å². The summed E-state index contributed by atoms with van der Waals surface area (Å²) in [6.07, 6.45) is 4.46. The van der Waals surface area contributed by atoms with Gasteiger partial charge in [0.25, 0.3) is 5.91 Å². The average molecular weight is 281 g/mol. The molecule has 0 bridgehead atoms. The van der Waals surface area contributed by atoms with Crippen molar-refractivity contribution >= 4 is 23.2 Å². The van der Waals surface area contributed by atoms with Crippen LogP contribution >= 0.6 is 11.6 Å². The average Bonchev–Trinajstić information content (AvgIpc) is 2.26. The highest BCUT2D eigenvalue weighted by atomic mass is 35.5. The monoisotopic (exact) mass is 280 g/mol. The van der Waals surface area contributed by atoms with Crippen molar-refractivity contribution in [2.75, 3.05) is 5.73 Å². The lowest BCUT2D eigenvalue weighted by molar-refractivity contribution is 0.0902. The zero-order chi connectivity index (χ0) is 14.0. The number of carbonyl (C=O) groups excluding carboxylic acids is 1. The molecule has 1 fully saturated rings. The second kappa shape index (κ2) is 5.41. The lowest BCUT2D eigenvalue weighted by atomic mass is 9.75. The molecule has 1 atom stereocenters. The van der Waals surface area contributed by atoms with Crippen molar-refractivity contribution < 1.29 is 4.79 Å². The molecule has 3 N–H and O–H groups in total. The van der Waals surface area contributed by atoms with Crippen LogP contribution in [0.25, 0.3) is 0 Å². The summed E-state index contributed by atoms with van der Waals surface area (Å²) in [6.45, 7) is 4.51. The standard InChI is InChI=1S/C15H21ClN2O/c1-15(2)5-3-4-13(9-15)18-14(19)10-6-11(16)8-12(17)7-10/h6-8,13H,3-5,9,17H2,1-2H3,(H,18,19). The Hall–Kier alpha value is -1.22. The molecule has 0 aromatic heterocycles. The topological polar surface area (TPSA) is 55.1 Å². The molecule has 19 heavy (non-hydrogen) atoms. The van der Waals surface area contributed by atoms with Gasteiger partial charge in [-0.1, -0.05) is 31.9 Å². The Kier molecular flexibility index (Phi) is 4.04. The van der Waals surface area contributed by atoms with E-state index in [2.05, 4.69) is 19.2 Å². The Morgan fingerprint density at radius 3 is 2.79 bits per heavy atom. The van der Waals surface area contributed by atoms with Crippen LogP contribution in [0.2, 0.25) is 5.02 Å².